The van der Waals surface area contributed by atoms with Crippen molar-refractivity contribution in [3.63, 3.8) is 0 Å². The molecule has 10 nitrogen and oxygen atoms in total. The van der Waals surface area contributed by atoms with Gasteiger partial charge in [0.05, 0.1) is 39.6 Å². The first-order chi connectivity index (χ1) is 12.7. The second kappa shape index (κ2) is 17.3. The molecule has 0 fully saturated rings. The van der Waals surface area contributed by atoms with Crippen LogP contribution in [0.2, 0.25) is 0 Å². The molecule has 0 aliphatic carbocycles. The Morgan fingerprint density at radius 2 is 1.07 bits per heavy atom. The summed E-state index contributed by atoms with van der Waals surface area (Å²) in [5.74, 6) is -1.05. The molecule has 0 saturated heterocycles. The third-order valence-electron chi connectivity index (χ3n) is 2.57. The SMILES string of the molecule is C=C(C)C(=O)OCCOCCOP(=O)([O-])OCCOCCOC(=O)C(=C)C.[Na+]. The summed E-state index contributed by atoms with van der Waals surface area (Å²) in [5, 5.41) is 0. The van der Waals surface area contributed by atoms with Crippen molar-refractivity contribution in [2.45, 2.75) is 13.8 Å². The minimum atomic E-state index is -4.47. The standard InChI is InChI=1S/C16H27O10P.Na/c1-13(2)15(17)23-9-5-21-7-11-25-27(19,20)26-12-8-22-6-10-24-16(18)14(3)4;/h1,3,5-12H2,2,4H3,(H,19,20);/q;+1/p-1. The van der Waals surface area contributed by atoms with Gasteiger partial charge in [0.15, 0.2) is 0 Å². The largest absolute Gasteiger partial charge is 1.00 e. The monoisotopic (exact) mass is 432 g/mol. The van der Waals surface area contributed by atoms with E-state index < -0.39 is 19.8 Å². The van der Waals surface area contributed by atoms with Crippen molar-refractivity contribution in [3.05, 3.63) is 24.3 Å². The van der Waals surface area contributed by atoms with Gasteiger partial charge in [0, 0.05) is 11.1 Å². The molecule has 0 aromatic carbocycles. The van der Waals surface area contributed by atoms with Crippen LogP contribution in [-0.2, 0) is 42.1 Å². The average Bonchev–Trinajstić information content (AvgIpc) is 2.59. The van der Waals surface area contributed by atoms with Crippen LogP contribution in [0, 0.1) is 0 Å². The summed E-state index contributed by atoms with van der Waals surface area (Å²) in [4.78, 5) is 33.6. The van der Waals surface area contributed by atoms with E-state index in [2.05, 4.69) is 22.2 Å². The van der Waals surface area contributed by atoms with Crippen LogP contribution in [0.4, 0.5) is 0 Å². The Bertz CT molecular complexity index is 508. The zero-order valence-electron chi connectivity index (χ0n) is 16.6. The zero-order chi connectivity index (χ0) is 20.7. The fourth-order valence-electron chi connectivity index (χ4n) is 1.29. The molecule has 0 aromatic rings. The average molecular weight is 432 g/mol. The summed E-state index contributed by atoms with van der Waals surface area (Å²) >= 11 is 0. The summed E-state index contributed by atoms with van der Waals surface area (Å²) < 4.78 is 40.3. The molecule has 0 aliphatic rings. The van der Waals surface area contributed by atoms with Crippen molar-refractivity contribution in [1.29, 1.82) is 0 Å². The Balaban J connectivity index is 0. The van der Waals surface area contributed by atoms with Crippen LogP contribution in [0.3, 0.4) is 0 Å². The molecule has 0 aromatic heterocycles. The summed E-state index contributed by atoms with van der Waals surface area (Å²) in [7, 11) is -4.47. The number of carbonyl (C=O) groups is 2. The molecule has 0 radical (unpaired) electrons. The van der Waals surface area contributed by atoms with Gasteiger partial charge in [-0.05, 0) is 13.8 Å². The van der Waals surface area contributed by atoms with Gasteiger partial charge in [0.25, 0.3) is 7.82 Å². The molecule has 0 amide bonds. The Labute approximate surface area is 187 Å². The van der Waals surface area contributed by atoms with Crippen molar-refractivity contribution in [2.24, 2.45) is 0 Å². The molecule has 12 heteroatoms. The van der Waals surface area contributed by atoms with E-state index in [-0.39, 0.29) is 93.6 Å². The first kappa shape index (κ1) is 29.6. The number of ether oxygens (including phenoxy) is 4. The minimum absolute atomic E-state index is 0. The van der Waals surface area contributed by atoms with Crippen LogP contribution in [-0.4, -0.2) is 64.8 Å². The minimum Gasteiger partial charge on any atom is -0.756 e. The van der Waals surface area contributed by atoms with Crippen LogP contribution >= 0.6 is 7.82 Å². The van der Waals surface area contributed by atoms with E-state index in [9.17, 15) is 19.0 Å². The van der Waals surface area contributed by atoms with E-state index in [1.54, 1.807) is 0 Å². The molecule has 0 aliphatic heterocycles. The smallest absolute Gasteiger partial charge is 0.756 e. The number of carbonyl (C=O) groups excluding carboxylic acids is 2. The first-order valence-corrected chi connectivity index (χ1v) is 9.52. The summed E-state index contributed by atoms with van der Waals surface area (Å²) in [6, 6.07) is 0. The molecule has 0 spiro atoms. The second-order valence-corrected chi connectivity index (χ2v) is 6.58. The summed E-state index contributed by atoms with van der Waals surface area (Å²) in [6.07, 6.45) is 0. The third-order valence-corrected chi connectivity index (χ3v) is 3.57. The van der Waals surface area contributed by atoms with Crippen molar-refractivity contribution in [1.82, 2.24) is 0 Å². The molecule has 0 atom stereocenters. The molecular formula is C16H26NaO10P. The van der Waals surface area contributed by atoms with Crippen LogP contribution in [0.15, 0.2) is 24.3 Å². The van der Waals surface area contributed by atoms with Crippen molar-refractivity contribution in [2.75, 3.05) is 52.9 Å². The molecule has 156 valence electrons. The Kier molecular flexibility index (Phi) is 18.3. The van der Waals surface area contributed by atoms with Gasteiger partial charge in [0.2, 0.25) is 0 Å². The van der Waals surface area contributed by atoms with E-state index in [4.69, 9.17) is 18.9 Å². The predicted molar refractivity (Wildman–Crippen MR) is 92.7 cm³/mol. The number of hydrogen-bond donors (Lipinski definition) is 0. The second-order valence-electron chi connectivity index (χ2n) is 5.17. The summed E-state index contributed by atoms with van der Waals surface area (Å²) in [5.41, 5.74) is 0.555. The van der Waals surface area contributed by atoms with Crippen LogP contribution in [0.5, 0.6) is 0 Å². The van der Waals surface area contributed by atoms with Gasteiger partial charge >= 0.3 is 41.5 Å². The Hall–Kier alpha value is -0.550. The quantitative estimate of drug-likeness (QED) is 0.0868. The number of phosphoric ester groups is 1. The molecule has 28 heavy (non-hydrogen) atoms. The van der Waals surface area contributed by atoms with Gasteiger partial charge in [-0.15, -0.1) is 0 Å². The molecule has 0 heterocycles. The maximum absolute atomic E-state index is 11.5. The van der Waals surface area contributed by atoms with Gasteiger partial charge < -0.3 is 32.9 Å². The molecule has 0 N–H and O–H groups in total. The normalized spacial score (nSPS) is 10.7. The summed E-state index contributed by atoms with van der Waals surface area (Å²) in [6.45, 7) is 9.59. The van der Waals surface area contributed by atoms with E-state index >= 15 is 0 Å². The van der Waals surface area contributed by atoms with Gasteiger partial charge in [-0.2, -0.15) is 0 Å². The predicted octanol–water partition coefficient (Wildman–Crippen LogP) is -2.24. The maximum Gasteiger partial charge on any atom is 1.00 e. The van der Waals surface area contributed by atoms with Crippen molar-refractivity contribution < 1.29 is 76.6 Å². The van der Waals surface area contributed by atoms with Gasteiger partial charge in [-0.1, -0.05) is 13.2 Å². The van der Waals surface area contributed by atoms with Crippen LogP contribution in [0.25, 0.3) is 0 Å². The first-order valence-electron chi connectivity index (χ1n) is 8.06. The van der Waals surface area contributed by atoms with Crippen LogP contribution < -0.4 is 34.5 Å². The molecule has 0 bridgehead atoms. The Morgan fingerprint density at radius 3 is 1.39 bits per heavy atom. The Morgan fingerprint density at radius 1 is 0.750 bits per heavy atom. The fourth-order valence-corrected chi connectivity index (χ4v) is 1.96. The van der Waals surface area contributed by atoms with E-state index in [0.29, 0.717) is 0 Å². The van der Waals surface area contributed by atoms with Gasteiger partial charge in [0.1, 0.15) is 13.2 Å². The third kappa shape index (κ3) is 17.5. The molecule has 0 rings (SSSR count). The van der Waals surface area contributed by atoms with E-state index in [1.807, 2.05) is 0 Å². The van der Waals surface area contributed by atoms with Crippen molar-refractivity contribution >= 4 is 19.8 Å². The number of hydrogen-bond acceptors (Lipinski definition) is 10. The van der Waals surface area contributed by atoms with Crippen molar-refractivity contribution in [3.8, 4) is 0 Å². The number of rotatable bonds is 16. The van der Waals surface area contributed by atoms with E-state index in [1.165, 1.54) is 13.8 Å². The van der Waals surface area contributed by atoms with Gasteiger partial charge in [-0.3, -0.25) is 4.57 Å². The zero-order valence-corrected chi connectivity index (χ0v) is 19.5. The number of phosphoric acid groups is 1. The molecule has 0 saturated carbocycles. The topological polar surface area (TPSA) is 130 Å². The maximum atomic E-state index is 11.5. The van der Waals surface area contributed by atoms with Gasteiger partial charge in [-0.25, -0.2) is 9.59 Å². The fraction of sp³-hybridized carbons (Fsp3) is 0.625. The number of esters is 2. The molecular weight excluding hydrogens is 406 g/mol. The van der Waals surface area contributed by atoms with Crippen LogP contribution in [0.1, 0.15) is 13.8 Å². The molecule has 0 unspecified atom stereocenters. The van der Waals surface area contributed by atoms with E-state index in [0.717, 1.165) is 0 Å².